The molecule has 0 aliphatic carbocycles. The Kier molecular flexibility index (Phi) is 4.38. The minimum absolute atomic E-state index is 0.0893. The van der Waals surface area contributed by atoms with E-state index in [0.29, 0.717) is 19.6 Å². The fourth-order valence-electron chi connectivity index (χ4n) is 3.79. The molecule has 3 heterocycles. The number of carbonyl (C=O) groups is 2. The van der Waals surface area contributed by atoms with Gasteiger partial charge in [0.05, 0.1) is 24.2 Å². The maximum atomic E-state index is 12.8. The molecule has 2 aliphatic rings. The Bertz CT molecular complexity index is 635. The Morgan fingerprint density at radius 3 is 2.67 bits per heavy atom. The molecular formula is C17H26N4O3. The van der Waals surface area contributed by atoms with E-state index in [2.05, 4.69) is 10.1 Å². The van der Waals surface area contributed by atoms with Gasteiger partial charge in [0.1, 0.15) is 5.76 Å². The Morgan fingerprint density at radius 1 is 1.33 bits per heavy atom. The van der Waals surface area contributed by atoms with Crippen molar-refractivity contribution in [2.45, 2.75) is 33.2 Å². The summed E-state index contributed by atoms with van der Waals surface area (Å²) >= 11 is 0. The molecular weight excluding hydrogens is 308 g/mol. The quantitative estimate of drug-likeness (QED) is 0.762. The fraction of sp³-hybridized carbons (Fsp3) is 0.706. The lowest BCUT2D eigenvalue weighted by Gasteiger charge is -2.53. The summed E-state index contributed by atoms with van der Waals surface area (Å²) in [6.07, 6.45) is 1.88. The molecule has 0 aromatic carbocycles. The number of rotatable bonds is 4. The second kappa shape index (κ2) is 6.20. The third-order valence-electron chi connectivity index (χ3n) is 5.28. The minimum atomic E-state index is -0.302. The lowest BCUT2D eigenvalue weighted by molar-refractivity contribution is -0.168. The van der Waals surface area contributed by atoms with Crippen LogP contribution in [0.2, 0.25) is 0 Å². The van der Waals surface area contributed by atoms with E-state index >= 15 is 0 Å². The van der Waals surface area contributed by atoms with Gasteiger partial charge in [-0.3, -0.25) is 14.5 Å². The highest BCUT2D eigenvalue weighted by molar-refractivity contribution is 5.89. The highest BCUT2D eigenvalue weighted by Gasteiger charge is 2.53. The van der Waals surface area contributed by atoms with Gasteiger partial charge >= 0.3 is 0 Å². The Balaban J connectivity index is 1.62. The summed E-state index contributed by atoms with van der Waals surface area (Å²) in [5, 5.41) is 3.95. The van der Waals surface area contributed by atoms with Gasteiger partial charge in [0.15, 0.2) is 0 Å². The zero-order chi connectivity index (χ0) is 17.5. The molecule has 0 bridgehead atoms. The summed E-state index contributed by atoms with van der Waals surface area (Å²) in [6.45, 7) is 7.07. The Labute approximate surface area is 142 Å². The van der Waals surface area contributed by atoms with Crippen molar-refractivity contribution in [3.05, 3.63) is 17.0 Å². The van der Waals surface area contributed by atoms with Crippen molar-refractivity contribution in [3.63, 3.8) is 0 Å². The number of carbonyl (C=O) groups excluding carboxylic acids is 2. The molecule has 1 spiro atoms. The van der Waals surface area contributed by atoms with Gasteiger partial charge in [0, 0.05) is 32.7 Å². The van der Waals surface area contributed by atoms with Crippen molar-refractivity contribution in [2.75, 3.05) is 40.3 Å². The smallest absolute Gasteiger partial charge is 0.236 e. The summed E-state index contributed by atoms with van der Waals surface area (Å²) in [7, 11) is 3.53. The van der Waals surface area contributed by atoms with E-state index in [1.165, 1.54) is 0 Å². The van der Waals surface area contributed by atoms with Crippen molar-refractivity contribution in [1.29, 1.82) is 0 Å². The molecule has 7 nitrogen and oxygen atoms in total. The van der Waals surface area contributed by atoms with Crippen molar-refractivity contribution in [2.24, 2.45) is 5.41 Å². The van der Waals surface area contributed by atoms with Crippen LogP contribution in [0.3, 0.4) is 0 Å². The van der Waals surface area contributed by atoms with Gasteiger partial charge < -0.3 is 14.3 Å². The second-order valence-corrected chi connectivity index (χ2v) is 7.35. The molecule has 2 fully saturated rings. The normalized spacial score (nSPS) is 24.3. The van der Waals surface area contributed by atoms with Gasteiger partial charge in [-0.25, -0.2) is 0 Å². The van der Waals surface area contributed by atoms with Gasteiger partial charge in [-0.2, -0.15) is 0 Å². The number of amides is 2. The van der Waals surface area contributed by atoms with Gasteiger partial charge in [-0.05, 0) is 33.2 Å². The zero-order valence-electron chi connectivity index (χ0n) is 15.0. The Hall–Kier alpha value is -1.89. The van der Waals surface area contributed by atoms with Crippen LogP contribution in [0.5, 0.6) is 0 Å². The number of nitrogens with zero attached hydrogens (tertiary/aromatic N) is 4. The molecule has 0 N–H and O–H groups in total. The summed E-state index contributed by atoms with van der Waals surface area (Å²) in [6, 6.07) is 0. The van der Waals surface area contributed by atoms with Gasteiger partial charge in [-0.1, -0.05) is 5.16 Å². The van der Waals surface area contributed by atoms with Crippen LogP contribution in [0.1, 0.15) is 29.9 Å². The highest BCUT2D eigenvalue weighted by atomic mass is 16.5. The maximum Gasteiger partial charge on any atom is 0.236 e. The molecule has 7 heteroatoms. The number of aromatic nitrogens is 1. The first kappa shape index (κ1) is 17.0. The minimum Gasteiger partial charge on any atom is -0.361 e. The number of likely N-dealkylation sites (N-methyl/N-ethyl adjacent to an activating group) is 1. The first-order valence-electron chi connectivity index (χ1n) is 8.46. The monoisotopic (exact) mass is 334 g/mol. The Morgan fingerprint density at radius 2 is 2.08 bits per heavy atom. The van der Waals surface area contributed by atoms with Crippen LogP contribution >= 0.6 is 0 Å². The van der Waals surface area contributed by atoms with Crippen LogP contribution in [-0.2, 0) is 16.1 Å². The van der Waals surface area contributed by atoms with E-state index in [4.69, 9.17) is 4.52 Å². The standard InChI is InChI=1S/C17H26N4O3/c1-12-14(13(2)24-18-12)8-21-11-17(16(21)23)6-5-7-20(10-17)9-15(22)19(3)4/h5-11H2,1-4H3/t17-/m0/s1. The molecule has 3 rings (SSSR count). The van der Waals surface area contributed by atoms with Crippen LogP contribution in [0.15, 0.2) is 4.52 Å². The van der Waals surface area contributed by atoms with E-state index in [1.807, 2.05) is 18.7 Å². The fourth-order valence-corrected chi connectivity index (χ4v) is 3.79. The molecule has 2 aliphatic heterocycles. The number of aryl methyl sites for hydroxylation is 2. The molecule has 24 heavy (non-hydrogen) atoms. The van der Waals surface area contributed by atoms with Crippen LogP contribution in [0.25, 0.3) is 0 Å². The molecule has 1 aromatic heterocycles. The molecule has 0 unspecified atom stereocenters. The zero-order valence-corrected chi connectivity index (χ0v) is 15.0. The van der Waals surface area contributed by atoms with Crippen molar-refractivity contribution in [1.82, 2.24) is 19.9 Å². The predicted octanol–water partition coefficient (Wildman–Crippen LogP) is 0.804. The summed E-state index contributed by atoms with van der Waals surface area (Å²) < 4.78 is 5.18. The van der Waals surface area contributed by atoms with Gasteiger partial charge in [-0.15, -0.1) is 0 Å². The van der Waals surface area contributed by atoms with Crippen LogP contribution in [0.4, 0.5) is 0 Å². The SMILES string of the molecule is Cc1noc(C)c1CN1C[C@@]2(CCCN(CC(=O)N(C)C)C2)C1=O. The van der Waals surface area contributed by atoms with Crippen molar-refractivity contribution in [3.8, 4) is 0 Å². The van der Waals surface area contributed by atoms with Gasteiger partial charge in [0.2, 0.25) is 11.8 Å². The van der Waals surface area contributed by atoms with E-state index in [9.17, 15) is 9.59 Å². The third kappa shape index (κ3) is 2.92. The lowest BCUT2D eigenvalue weighted by Crippen LogP contribution is -2.66. The molecule has 1 atom stereocenters. The van der Waals surface area contributed by atoms with Crippen LogP contribution < -0.4 is 0 Å². The second-order valence-electron chi connectivity index (χ2n) is 7.35. The molecule has 0 radical (unpaired) electrons. The number of hydrogen-bond acceptors (Lipinski definition) is 5. The summed E-state index contributed by atoms with van der Waals surface area (Å²) in [5.74, 6) is 1.07. The summed E-state index contributed by atoms with van der Waals surface area (Å²) in [4.78, 5) is 30.3. The van der Waals surface area contributed by atoms with E-state index in [1.54, 1.807) is 19.0 Å². The van der Waals surface area contributed by atoms with Crippen molar-refractivity contribution < 1.29 is 14.1 Å². The molecule has 132 valence electrons. The first-order valence-corrected chi connectivity index (χ1v) is 8.46. The van der Waals surface area contributed by atoms with E-state index in [-0.39, 0.29) is 17.2 Å². The van der Waals surface area contributed by atoms with Crippen LogP contribution in [0, 0.1) is 19.3 Å². The maximum absolute atomic E-state index is 12.8. The third-order valence-corrected chi connectivity index (χ3v) is 5.28. The average Bonchev–Trinajstić information content (AvgIpc) is 2.86. The average molecular weight is 334 g/mol. The molecule has 2 amide bonds. The van der Waals surface area contributed by atoms with Crippen LogP contribution in [-0.4, -0.2) is 71.9 Å². The van der Waals surface area contributed by atoms with E-state index < -0.39 is 0 Å². The van der Waals surface area contributed by atoms with Gasteiger partial charge in [0.25, 0.3) is 0 Å². The number of likely N-dealkylation sites (tertiary alicyclic amines) is 2. The summed E-state index contributed by atoms with van der Waals surface area (Å²) in [5.41, 5.74) is 1.56. The highest BCUT2D eigenvalue weighted by Crippen LogP contribution is 2.41. The van der Waals surface area contributed by atoms with Crippen molar-refractivity contribution >= 4 is 11.8 Å². The van der Waals surface area contributed by atoms with E-state index in [0.717, 1.165) is 42.9 Å². The molecule has 0 saturated carbocycles. The first-order chi connectivity index (χ1) is 11.3. The molecule has 2 saturated heterocycles. The largest absolute Gasteiger partial charge is 0.361 e. The number of β-lactam (4-membered cyclic amide) rings is 1. The lowest BCUT2D eigenvalue weighted by atomic mass is 9.72. The predicted molar refractivity (Wildman–Crippen MR) is 88.2 cm³/mol. The number of hydrogen-bond donors (Lipinski definition) is 0. The number of piperidine rings is 1. The molecule has 1 aromatic rings. The topological polar surface area (TPSA) is 69.9 Å².